The van der Waals surface area contributed by atoms with Crippen molar-refractivity contribution in [2.45, 2.75) is 0 Å². The zero-order valence-electron chi connectivity index (χ0n) is 4.87. The summed E-state index contributed by atoms with van der Waals surface area (Å²) < 4.78 is 12.5. The molecule has 0 fully saturated rings. The molecule has 3 heteroatoms. The molecule has 52 valence electrons. The van der Waals surface area contributed by atoms with Gasteiger partial charge in [-0.05, 0) is 17.7 Å². The summed E-state index contributed by atoms with van der Waals surface area (Å²) in [5, 5.41) is 0.152. The van der Waals surface area contributed by atoms with Crippen LogP contribution in [0.3, 0.4) is 0 Å². The van der Waals surface area contributed by atoms with Crippen LogP contribution in [0.5, 0.6) is 0 Å². The Labute approximate surface area is 68.6 Å². The third kappa shape index (κ3) is 1.25. The van der Waals surface area contributed by atoms with Gasteiger partial charge in [-0.15, -0.1) is 0 Å². The second-order valence-corrected chi connectivity index (χ2v) is 2.54. The van der Waals surface area contributed by atoms with Crippen LogP contribution in [0.2, 0.25) is 10.0 Å². The first kappa shape index (κ1) is 7.83. The SMILES string of the molecule is [CH]c1c(Cl)ccc(F)c1Cl. The fourth-order valence-corrected chi connectivity index (χ4v) is 0.913. The maximum atomic E-state index is 12.5. The van der Waals surface area contributed by atoms with Crippen molar-refractivity contribution in [2.24, 2.45) is 0 Å². The van der Waals surface area contributed by atoms with E-state index in [4.69, 9.17) is 30.1 Å². The summed E-state index contributed by atoms with van der Waals surface area (Å²) >= 11 is 10.9. The average molecular weight is 177 g/mol. The number of benzene rings is 1. The van der Waals surface area contributed by atoms with E-state index in [-0.39, 0.29) is 15.6 Å². The van der Waals surface area contributed by atoms with Crippen molar-refractivity contribution in [3.63, 3.8) is 0 Å². The van der Waals surface area contributed by atoms with Gasteiger partial charge in [0.15, 0.2) is 0 Å². The van der Waals surface area contributed by atoms with Crippen LogP contribution in [-0.4, -0.2) is 0 Å². The monoisotopic (exact) mass is 176 g/mol. The highest BCUT2D eigenvalue weighted by Crippen LogP contribution is 2.25. The lowest BCUT2D eigenvalue weighted by Gasteiger charge is -1.99. The molecule has 2 radical (unpaired) electrons. The van der Waals surface area contributed by atoms with Crippen LogP contribution >= 0.6 is 23.2 Å². The lowest BCUT2D eigenvalue weighted by molar-refractivity contribution is 0.627. The molecule has 0 spiro atoms. The Hall–Kier alpha value is -0.270. The summed E-state index contributed by atoms with van der Waals surface area (Å²) in [4.78, 5) is 0. The van der Waals surface area contributed by atoms with Gasteiger partial charge in [0, 0.05) is 11.9 Å². The number of hydrogen-bond acceptors (Lipinski definition) is 0. The minimum atomic E-state index is -0.552. The van der Waals surface area contributed by atoms with E-state index in [2.05, 4.69) is 0 Å². The van der Waals surface area contributed by atoms with E-state index in [9.17, 15) is 4.39 Å². The van der Waals surface area contributed by atoms with E-state index in [1.807, 2.05) is 0 Å². The molecule has 1 aromatic rings. The molecule has 0 amide bonds. The molecule has 10 heavy (non-hydrogen) atoms. The first-order valence-electron chi connectivity index (χ1n) is 2.52. The molecule has 1 aromatic carbocycles. The molecular weight excluding hydrogens is 174 g/mol. The van der Waals surface area contributed by atoms with E-state index in [0.29, 0.717) is 0 Å². The zero-order chi connectivity index (χ0) is 7.72. The van der Waals surface area contributed by atoms with Crippen LogP contribution in [0, 0.1) is 12.7 Å². The van der Waals surface area contributed by atoms with Gasteiger partial charge in [-0.2, -0.15) is 0 Å². The molecule has 0 aliphatic carbocycles. The van der Waals surface area contributed by atoms with E-state index in [1.165, 1.54) is 12.1 Å². The van der Waals surface area contributed by atoms with Crippen molar-refractivity contribution >= 4 is 23.2 Å². The van der Waals surface area contributed by atoms with Crippen LogP contribution < -0.4 is 0 Å². The third-order valence-corrected chi connectivity index (χ3v) is 1.79. The molecule has 0 bridgehead atoms. The Bertz CT molecular complexity index is 231. The standard InChI is InChI=1S/C7H3Cl2F/c1-4-5(8)2-3-6(10)7(4)9/h1-3H. The Balaban J connectivity index is 3.34. The molecule has 0 atom stereocenters. The first-order valence-corrected chi connectivity index (χ1v) is 3.27. The fourth-order valence-electron chi connectivity index (χ4n) is 0.543. The largest absolute Gasteiger partial charge is 0.205 e. The van der Waals surface area contributed by atoms with Crippen molar-refractivity contribution in [3.8, 4) is 0 Å². The summed E-state index contributed by atoms with van der Waals surface area (Å²) in [5.74, 6) is -0.552. The van der Waals surface area contributed by atoms with Gasteiger partial charge < -0.3 is 0 Å². The smallest absolute Gasteiger partial charge is 0.142 e. The molecular formula is C7H3Cl2F. The maximum Gasteiger partial charge on any atom is 0.142 e. The van der Waals surface area contributed by atoms with E-state index in [0.717, 1.165) is 0 Å². The Morgan fingerprint density at radius 1 is 1.30 bits per heavy atom. The first-order chi connectivity index (χ1) is 4.63. The van der Waals surface area contributed by atoms with E-state index < -0.39 is 5.82 Å². The van der Waals surface area contributed by atoms with Gasteiger partial charge >= 0.3 is 0 Å². The molecule has 0 saturated carbocycles. The predicted molar refractivity (Wildman–Crippen MR) is 39.8 cm³/mol. The summed E-state index contributed by atoms with van der Waals surface area (Å²) in [6.45, 7) is 5.28. The average Bonchev–Trinajstić information content (AvgIpc) is 1.93. The number of hydrogen-bond donors (Lipinski definition) is 0. The Morgan fingerprint density at radius 3 is 2.40 bits per heavy atom. The summed E-state index contributed by atoms with van der Waals surface area (Å²) in [7, 11) is 0. The molecule has 0 aliphatic heterocycles. The summed E-state index contributed by atoms with van der Waals surface area (Å²) in [6, 6.07) is 2.53. The molecule has 1 rings (SSSR count). The van der Waals surface area contributed by atoms with Gasteiger partial charge in [-0.3, -0.25) is 0 Å². The molecule has 0 aliphatic rings. The minimum absolute atomic E-state index is 0.0864. The van der Waals surface area contributed by atoms with Crippen LogP contribution in [0.4, 0.5) is 4.39 Å². The molecule has 0 N–H and O–H groups in total. The van der Waals surface area contributed by atoms with E-state index in [1.54, 1.807) is 0 Å². The van der Waals surface area contributed by atoms with Gasteiger partial charge in [-0.25, -0.2) is 4.39 Å². The van der Waals surface area contributed by atoms with Crippen molar-refractivity contribution < 1.29 is 4.39 Å². The number of halogens is 3. The molecule has 0 nitrogen and oxygen atoms in total. The summed E-state index contributed by atoms with van der Waals surface area (Å²) in [6.07, 6.45) is 0. The highest BCUT2D eigenvalue weighted by atomic mass is 35.5. The second-order valence-electron chi connectivity index (χ2n) is 1.76. The Morgan fingerprint density at radius 2 is 1.90 bits per heavy atom. The second kappa shape index (κ2) is 2.77. The predicted octanol–water partition coefficient (Wildman–Crippen LogP) is 3.19. The van der Waals surface area contributed by atoms with Crippen molar-refractivity contribution in [2.75, 3.05) is 0 Å². The van der Waals surface area contributed by atoms with Gasteiger partial charge in [0.05, 0.1) is 5.02 Å². The summed E-state index contributed by atoms with van der Waals surface area (Å²) in [5.41, 5.74) is 0.0864. The number of rotatable bonds is 0. The maximum absolute atomic E-state index is 12.5. The highest BCUT2D eigenvalue weighted by molar-refractivity contribution is 6.36. The van der Waals surface area contributed by atoms with Crippen LogP contribution in [0.25, 0.3) is 0 Å². The molecule has 0 unspecified atom stereocenters. The van der Waals surface area contributed by atoms with Gasteiger partial charge in [0.1, 0.15) is 5.82 Å². The fraction of sp³-hybridized carbons (Fsp3) is 0. The normalized spacial score (nSPS) is 10.0. The van der Waals surface area contributed by atoms with E-state index >= 15 is 0 Å². The lowest BCUT2D eigenvalue weighted by Crippen LogP contribution is -1.81. The highest BCUT2D eigenvalue weighted by Gasteiger charge is 2.04. The van der Waals surface area contributed by atoms with Gasteiger partial charge in [0.2, 0.25) is 0 Å². The molecule has 0 heterocycles. The van der Waals surface area contributed by atoms with Crippen molar-refractivity contribution in [1.29, 1.82) is 0 Å². The lowest BCUT2D eigenvalue weighted by atomic mass is 10.2. The quantitative estimate of drug-likeness (QED) is 0.533. The van der Waals surface area contributed by atoms with Crippen molar-refractivity contribution in [3.05, 3.63) is 40.5 Å². The van der Waals surface area contributed by atoms with Crippen LogP contribution in [-0.2, 0) is 0 Å². The topological polar surface area (TPSA) is 0 Å². The molecule has 0 saturated heterocycles. The molecule has 0 aromatic heterocycles. The van der Waals surface area contributed by atoms with Gasteiger partial charge in [0.25, 0.3) is 0 Å². The van der Waals surface area contributed by atoms with Crippen LogP contribution in [0.15, 0.2) is 12.1 Å². The van der Waals surface area contributed by atoms with Crippen molar-refractivity contribution in [1.82, 2.24) is 0 Å². The van der Waals surface area contributed by atoms with Crippen LogP contribution in [0.1, 0.15) is 5.56 Å². The zero-order valence-corrected chi connectivity index (χ0v) is 6.38. The minimum Gasteiger partial charge on any atom is -0.205 e. The van der Waals surface area contributed by atoms with Gasteiger partial charge in [-0.1, -0.05) is 23.2 Å². The Kier molecular flexibility index (Phi) is 2.17. The third-order valence-electron chi connectivity index (χ3n) is 1.08.